The summed E-state index contributed by atoms with van der Waals surface area (Å²) >= 11 is 0. The first kappa shape index (κ1) is 17.2. The number of piperidine rings is 1. The van der Waals surface area contributed by atoms with Crippen molar-refractivity contribution in [2.75, 3.05) is 40.0 Å². The van der Waals surface area contributed by atoms with Crippen molar-refractivity contribution in [3.05, 3.63) is 42.0 Å². The smallest absolute Gasteiger partial charge is 0.0499 e. The van der Waals surface area contributed by atoms with Gasteiger partial charge in [-0.25, -0.2) is 0 Å². The van der Waals surface area contributed by atoms with Crippen molar-refractivity contribution in [3.8, 4) is 0 Å². The first-order valence-electron chi connectivity index (χ1n) is 8.32. The summed E-state index contributed by atoms with van der Waals surface area (Å²) in [5, 5.41) is 9.88. The molecule has 1 saturated heterocycles. The average Bonchev–Trinajstić information content (AvgIpc) is 2.56. The second-order valence-electron chi connectivity index (χ2n) is 6.41. The van der Waals surface area contributed by atoms with E-state index in [4.69, 9.17) is 4.74 Å². The van der Waals surface area contributed by atoms with Crippen molar-refractivity contribution in [2.24, 2.45) is 5.41 Å². The molecule has 0 aromatic heterocycles. The number of likely N-dealkylation sites (tertiary alicyclic amines) is 1. The quantitative estimate of drug-likeness (QED) is 0.749. The third-order valence-electron chi connectivity index (χ3n) is 4.60. The third kappa shape index (κ3) is 5.24. The highest BCUT2D eigenvalue weighted by Gasteiger charge is 2.33. The van der Waals surface area contributed by atoms with E-state index in [0.29, 0.717) is 0 Å². The van der Waals surface area contributed by atoms with Gasteiger partial charge < -0.3 is 9.84 Å². The lowest BCUT2D eigenvalue weighted by molar-refractivity contribution is 0.0236. The molecule has 3 nitrogen and oxygen atoms in total. The van der Waals surface area contributed by atoms with Gasteiger partial charge in [0.05, 0.1) is 0 Å². The van der Waals surface area contributed by atoms with Crippen molar-refractivity contribution in [2.45, 2.75) is 25.7 Å². The molecule has 1 aromatic rings. The number of methoxy groups -OCH3 is 1. The summed E-state index contributed by atoms with van der Waals surface area (Å²) in [7, 11) is 1.74. The van der Waals surface area contributed by atoms with Gasteiger partial charge in [0.15, 0.2) is 0 Å². The van der Waals surface area contributed by atoms with E-state index < -0.39 is 0 Å². The number of nitrogens with zero attached hydrogens (tertiary/aromatic N) is 1. The molecule has 0 spiro atoms. The Bertz CT molecular complexity index is 446. The molecule has 3 heteroatoms. The molecule has 0 unspecified atom stereocenters. The minimum absolute atomic E-state index is 0.0668. The molecule has 1 aliphatic rings. The fourth-order valence-corrected chi connectivity index (χ4v) is 3.37. The summed E-state index contributed by atoms with van der Waals surface area (Å²) < 4.78 is 5.16. The lowest BCUT2D eigenvalue weighted by Crippen LogP contribution is -2.45. The number of rotatable bonds is 8. The molecule has 2 rings (SSSR count). The fraction of sp³-hybridized carbons (Fsp3) is 0.579. The molecular weight excluding hydrogens is 274 g/mol. The van der Waals surface area contributed by atoms with E-state index in [9.17, 15) is 5.11 Å². The summed E-state index contributed by atoms with van der Waals surface area (Å²) in [6.07, 6.45) is 8.80. The highest BCUT2D eigenvalue weighted by molar-refractivity contribution is 5.48. The highest BCUT2D eigenvalue weighted by Crippen LogP contribution is 2.34. The van der Waals surface area contributed by atoms with E-state index >= 15 is 0 Å². The molecule has 0 bridgehead atoms. The van der Waals surface area contributed by atoms with Crippen LogP contribution in [0.25, 0.3) is 6.08 Å². The molecule has 0 amide bonds. The van der Waals surface area contributed by atoms with E-state index in [2.05, 4.69) is 41.3 Å². The van der Waals surface area contributed by atoms with Gasteiger partial charge in [-0.1, -0.05) is 42.5 Å². The van der Waals surface area contributed by atoms with Gasteiger partial charge in [0, 0.05) is 38.8 Å². The summed E-state index contributed by atoms with van der Waals surface area (Å²) in [6, 6.07) is 10.4. The lowest BCUT2D eigenvalue weighted by Gasteiger charge is -2.41. The second-order valence-corrected chi connectivity index (χ2v) is 6.41. The normalized spacial score (nSPS) is 23.2. The van der Waals surface area contributed by atoms with Crippen molar-refractivity contribution in [1.29, 1.82) is 0 Å². The monoisotopic (exact) mass is 303 g/mol. The number of aliphatic hydroxyl groups excluding tert-OH is 1. The molecule has 1 atom stereocenters. The Balaban J connectivity index is 1.85. The molecule has 1 N–H and O–H groups in total. The Morgan fingerprint density at radius 1 is 1.32 bits per heavy atom. The lowest BCUT2D eigenvalue weighted by atomic mass is 9.77. The van der Waals surface area contributed by atoms with Crippen molar-refractivity contribution < 1.29 is 9.84 Å². The van der Waals surface area contributed by atoms with Gasteiger partial charge in [-0.2, -0.15) is 0 Å². The third-order valence-corrected chi connectivity index (χ3v) is 4.60. The zero-order chi connectivity index (χ0) is 15.7. The van der Waals surface area contributed by atoms with Gasteiger partial charge in [0.1, 0.15) is 0 Å². The SMILES string of the molecule is COCCC[C@@]1(CO)CCCN(C/C=C/c2ccccc2)C1. The van der Waals surface area contributed by atoms with Crippen LogP contribution in [0.2, 0.25) is 0 Å². The standard InChI is InChI=1S/C19H29NO2/c1-22-15-7-12-19(17-21)11-6-14-20(16-19)13-5-10-18-8-3-2-4-9-18/h2-5,8-10,21H,6-7,11-17H2,1H3/b10-5+/t19-/m0/s1. The van der Waals surface area contributed by atoms with Crippen molar-refractivity contribution in [3.63, 3.8) is 0 Å². The highest BCUT2D eigenvalue weighted by atomic mass is 16.5. The molecule has 0 radical (unpaired) electrons. The summed E-state index contributed by atoms with van der Waals surface area (Å²) in [4.78, 5) is 2.46. The topological polar surface area (TPSA) is 32.7 Å². The second kappa shape index (κ2) is 9.09. The molecule has 1 aliphatic heterocycles. The van der Waals surface area contributed by atoms with E-state index in [1.165, 1.54) is 12.0 Å². The van der Waals surface area contributed by atoms with Crippen LogP contribution < -0.4 is 0 Å². The first-order chi connectivity index (χ1) is 10.8. The Labute approximate surface area is 134 Å². The number of aliphatic hydroxyl groups is 1. The van der Waals surface area contributed by atoms with E-state index in [1.807, 2.05) is 6.07 Å². The van der Waals surface area contributed by atoms with E-state index in [1.54, 1.807) is 7.11 Å². The van der Waals surface area contributed by atoms with Crippen LogP contribution in [-0.4, -0.2) is 50.0 Å². The molecular formula is C19H29NO2. The minimum Gasteiger partial charge on any atom is -0.396 e. The molecule has 0 saturated carbocycles. The van der Waals surface area contributed by atoms with Gasteiger partial charge in [-0.3, -0.25) is 4.90 Å². The predicted octanol–water partition coefficient (Wildman–Crippen LogP) is 3.20. The van der Waals surface area contributed by atoms with Crippen LogP contribution in [0.3, 0.4) is 0 Å². The maximum atomic E-state index is 9.88. The largest absolute Gasteiger partial charge is 0.396 e. The zero-order valence-electron chi connectivity index (χ0n) is 13.7. The van der Waals surface area contributed by atoms with Crippen LogP contribution in [0.15, 0.2) is 36.4 Å². The molecule has 1 heterocycles. The van der Waals surface area contributed by atoms with Crippen LogP contribution in [0.1, 0.15) is 31.2 Å². The Morgan fingerprint density at radius 2 is 2.14 bits per heavy atom. The molecule has 1 fully saturated rings. The summed E-state index contributed by atoms with van der Waals surface area (Å²) in [5.74, 6) is 0. The van der Waals surface area contributed by atoms with Crippen LogP contribution >= 0.6 is 0 Å². The van der Waals surface area contributed by atoms with Gasteiger partial charge in [-0.05, 0) is 37.8 Å². The van der Waals surface area contributed by atoms with E-state index in [-0.39, 0.29) is 12.0 Å². The number of ether oxygens (including phenoxy) is 1. The van der Waals surface area contributed by atoms with Crippen LogP contribution in [0.4, 0.5) is 0 Å². The van der Waals surface area contributed by atoms with E-state index in [0.717, 1.165) is 45.5 Å². The maximum absolute atomic E-state index is 9.88. The Kier molecular flexibility index (Phi) is 7.10. The van der Waals surface area contributed by atoms with Gasteiger partial charge in [0.25, 0.3) is 0 Å². The van der Waals surface area contributed by atoms with Crippen LogP contribution in [0, 0.1) is 5.41 Å². The van der Waals surface area contributed by atoms with Crippen LogP contribution in [0.5, 0.6) is 0 Å². The van der Waals surface area contributed by atoms with Gasteiger partial charge in [-0.15, -0.1) is 0 Å². The maximum Gasteiger partial charge on any atom is 0.0499 e. The Morgan fingerprint density at radius 3 is 2.86 bits per heavy atom. The summed E-state index contributed by atoms with van der Waals surface area (Å²) in [6.45, 7) is 4.16. The van der Waals surface area contributed by atoms with Gasteiger partial charge in [0.2, 0.25) is 0 Å². The van der Waals surface area contributed by atoms with Crippen molar-refractivity contribution >= 4 is 6.08 Å². The molecule has 0 aliphatic carbocycles. The zero-order valence-corrected chi connectivity index (χ0v) is 13.7. The van der Waals surface area contributed by atoms with Gasteiger partial charge >= 0.3 is 0 Å². The predicted molar refractivity (Wildman–Crippen MR) is 91.8 cm³/mol. The first-order valence-corrected chi connectivity index (χ1v) is 8.32. The van der Waals surface area contributed by atoms with Crippen molar-refractivity contribution in [1.82, 2.24) is 4.90 Å². The summed E-state index contributed by atoms with van der Waals surface area (Å²) in [5.41, 5.74) is 1.31. The van der Waals surface area contributed by atoms with Crippen LogP contribution in [-0.2, 0) is 4.74 Å². The minimum atomic E-state index is 0.0668. The molecule has 122 valence electrons. The number of benzene rings is 1. The number of hydrogen-bond donors (Lipinski definition) is 1. The number of hydrogen-bond acceptors (Lipinski definition) is 3. The fourth-order valence-electron chi connectivity index (χ4n) is 3.37. The Hall–Kier alpha value is -1.16. The average molecular weight is 303 g/mol. The molecule has 22 heavy (non-hydrogen) atoms. The molecule has 1 aromatic carbocycles.